The summed E-state index contributed by atoms with van der Waals surface area (Å²) in [5.74, 6) is 1.50. The number of benzene rings is 2. The van der Waals surface area contributed by atoms with Crippen molar-refractivity contribution in [2.24, 2.45) is 17.9 Å². The minimum Gasteiger partial charge on any atom is -0.489 e. The first-order valence-electron chi connectivity index (χ1n) is 27.6. The molecule has 1 saturated carbocycles. The molecular weight excluding hydrogens is 1050 g/mol. The van der Waals surface area contributed by atoms with Gasteiger partial charge in [-0.1, -0.05) is 39.3 Å². The maximum atomic E-state index is 14.8. The van der Waals surface area contributed by atoms with Gasteiger partial charge in [-0.05, 0) is 61.1 Å². The number of ether oxygens (including phenoxy) is 3. The Labute approximate surface area is 470 Å². The monoisotopic (exact) mass is 1120 g/mol. The molecule has 2 N–H and O–H groups in total. The number of piperidine rings is 1. The summed E-state index contributed by atoms with van der Waals surface area (Å²) in [5, 5.41) is 25.0. The van der Waals surface area contributed by atoms with E-state index in [1.54, 1.807) is 72.7 Å². The molecule has 3 aromatic heterocycles. The van der Waals surface area contributed by atoms with Gasteiger partial charge in [0.2, 0.25) is 11.9 Å². The van der Waals surface area contributed by atoms with Gasteiger partial charge in [-0.15, -0.1) is 0 Å². The van der Waals surface area contributed by atoms with Crippen LogP contribution in [0.5, 0.6) is 5.75 Å². The third kappa shape index (κ3) is 11.5. The Kier molecular flexibility index (Phi) is 16.7. The van der Waals surface area contributed by atoms with Crippen LogP contribution in [0.3, 0.4) is 0 Å². The van der Waals surface area contributed by atoms with Crippen LogP contribution < -0.4 is 25.2 Å². The van der Waals surface area contributed by atoms with Crippen LogP contribution in [-0.4, -0.2) is 167 Å². The van der Waals surface area contributed by atoms with Crippen molar-refractivity contribution in [2.45, 2.75) is 91.0 Å². The predicted molar refractivity (Wildman–Crippen MR) is 296 cm³/mol. The first-order chi connectivity index (χ1) is 38.4. The topological polar surface area (TPSA) is 204 Å². The zero-order valence-electron chi connectivity index (χ0n) is 46.4. The zero-order chi connectivity index (χ0) is 56.5. The molecule has 2 aromatic carbocycles. The van der Waals surface area contributed by atoms with Crippen molar-refractivity contribution >= 4 is 46.9 Å². The van der Waals surface area contributed by atoms with E-state index in [2.05, 4.69) is 78.8 Å². The normalized spacial score (nSPS) is 20.0. The van der Waals surface area contributed by atoms with Crippen molar-refractivity contribution < 1.29 is 37.4 Å². The highest BCUT2D eigenvalue weighted by Gasteiger charge is 2.64. The second-order valence-corrected chi connectivity index (χ2v) is 23.0. The highest BCUT2D eigenvalue weighted by molar-refractivity contribution is 6.31. The molecule has 0 spiro atoms. The summed E-state index contributed by atoms with van der Waals surface area (Å²) < 4.78 is 51.3. The number of amides is 4. The van der Waals surface area contributed by atoms with Gasteiger partial charge in [-0.3, -0.25) is 23.9 Å². The number of nitrogens with one attached hydrogen (secondary N) is 2. The summed E-state index contributed by atoms with van der Waals surface area (Å²) in [6, 6.07) is 10.2. The van der Waals surface area contributed by atoms with E-state index in [1.807, 2.05) is 11.0 Å². The lowest BCUT2D eigenvalue weighted by Crippen LogP contribution is -2.74. The molecule has 20 nitrogen and oxygen atoms in total. The van der Waals surface area contributed by atoms with Gasteiger partial charge in [0, 0.05) is 149 Å². The van der Waals surface area contributed by atoms with Crippen molar-refractivity contribution in [1.82, 2.24) is 54.9 Å². The molecule has 1 aliphatic carbocycles. The third-order valence-electron chi connectivity index (χ3n) is 16.7. The SMILES string of the molecule is CNC(=O)N1CCc2c(c(N3CCCc4cc(-c5cnn(C)c5)c(C(F)F)cc43)nn2C2CCN(C(=O)COCCOCCN3CCN(c4ncc(C(=O)NC5C(C)(C)C(Oc6ccc(C#N)c(Cl)c6)C5(C)C)cn4)CC3)CC2)C1. The molecule has 5 aromatic rings. The lowest BCUT2D eigenvalue weighted by Gasteiger charge is -2.63. The molecule has 0 atom stereocenters. The number of alkyl halides is 2. The van der Waals surface area contributed by atoms with Crippen molar-refractivity contribution in [2.75, 3.05) is 102 Å². The van der Waals surface area contributed by atoms with Crippen molar-refractivity contribution in [3.05, 3.63) is 93.7 Å². The number of likely N-dealkylation sites (tertiary alicyclic amines) is 1. The molecule has 23 heteroatoms. The summed E-state index contributed by atoms with van der Waals surface area (Å²) in [6.07, 6.45) is 7.10. The van der Waals surface area contributed by atoms with E-state index in [4.69, 9.17) is 30.9 Å². The Bertz CT molecular complexity index is 3090. The second kappa shape index (κ2) is 23.6. The molecule has 2 saturated heterocycles. The molecule has 4 amide bonds. The van der Waals surface area contributed by atoms with Gasteiger partial charge in [0.1, 0.15) is 24.5 Å². The number of hydrogen-bond acceptors (Lipinski definition) is 14. The lowest BCUT2D eigenvalue weighted by molar-refractivity contribution is -0.164. The predicted octanol–water partition coefficient (Wildman–Crippen LogP) is 6.95. The summed E-state index contributed by atoms with van der Waals surface area (Å²) in [6.45, 7) is 15.7. The number of halogens is 3. The standard InChI is InChI=1S/C57H71ClF2N14O6/c1-56(2)52(57(3,4)53(56)80-41-10-9-37(29-61)45(58)27-41)66-51(76)38-30-63-54(64-31-38)71-20-18-69(19-21-71)22-23-78-24-25-79-35-48(75)70-15-11-40(12-16-70)74-46-13-17-72(55(77)62-5)34-44(46)50(67-74)73-14-7-8-36-26-42(39-32-65-68(6)33-39)43(49(59)60)28-47(36)73/h9-10,26-28,30-33,40,49,52-53H,7-8,11-25,34-35H2,1-6H3,(H,62,77)(H,66,76). The Morgan fingerprint density at radius 2 is 1.64 bits per heavy atom. The number of nitrogens with zero attached hydrogens (tertiary/aromatic N) is 12. The molecule has 3 fully saturated rings. The Morgan fingerprint density at radius 3 is 2.31 bits per heavy atom. The van der Waals surface area contributed by atoms with Gasteiger partial charge in [-0.2, -0.15) is 15.5 Å². The van der Waals surface area contributed by atoms with Crippen molar-refractivity contribution in [3.63, 3.8) is 0 Å². The number of piperazine rings is 1. The van der Waals surface area contributed by atoms with E-state index in [1.165, 1.54) is 0 Å². The van der Waals surface area contributed by atoms with E-state index in [-0.39, 0.29) is 48.2 Å². The molecule has 5 aliphatic rings. The molecule has 4 aliphatic heterocycles. The van der Waals surface area contributed by atoms with Gasteiger partial charge in [0.15, 0.2) is 5.82 Å². The Morgan fingerprint density at radius 1 is 0.900 bits per heavy atom. The van der Waals surface area contributed by atoms with E-state index in [0.717, 1.165) is 62.4 Å². The molecular formula is C57H71ClF2N14O6. The van der Waals surface area contributed by atoms with E-state index in [0.29, 0.717) is 122 Å². The Hall–Kier alpha value is -6.93. The number of aromatic nitrogens is 6. The van der Waals surface area contributed by atoms with Gasteiger partial charge >= 0.3 is 6.03 Å². The number of anilines is 3. The first-order valence-corrected chi connectivity index (χ1v) is 28.0. The number of carbonyl (C=O) groups is 3. The molecule has 0 unspecified atom stereocenters. The summed E-state index contributed by atoms with van der Waals surface area (Å²) >= 11 is 6.26. The minimum absolute atomic E-state index is 0.0133. The molecule has 0 radical (unpaired) electrons. The number of nitriles is 1. The minimum atomic E-state index is -2.70. The van der Waals surface area contributed by atoms with Crippen LogP contribution in [0.4, 0.5) is 31.0 Å². The van der Waals surface area contributed by atoms with Crippen LogP contribution >= 0.6 is 11.6 Å². The number of hydrogen-bond donors (Lipinski definition) is 2. The Balaban J connectivity index is 0.646. The average molecular weight is 1120 g/mol. The molecule has 7 heterocycles. The van der Waals surface area contributed by atoms with E-state index >= 15 is 0 Å². The largest absolute Gasteiger partial charge is 0.489 e. The molecule has 80 heavy (non-hydrogen) atoms. The van der Waals surface area contributed by atoms with Gasteiger partial charge in [-0.25, -0.2) is 23.5 Å². The fourth-order valence-electron chi connectivity index (χ4n) is 12.7. The summed E-state index contributed by atoms with van der Waals surface area (Å²) in [7, 11) is 3.38. The fraction of sp³-hybridized carbons (Fsp3) is 0.544. The van der Waals surface area contributed by atoms with Gasteiger partial charge in [0.05, 0.1) is 54.8 Å². The number of rotatable bonds is 17. The van der Waals surface area contributed by atoms with Gasteiger partial charge < -0.3 is 44.4 Å². The van der Waals surface area contributed by atoms with Crippen LogP contribution in [0.15, 0.2) is 55.1 Å². The summed E-state index contributed by atoms with van der Waals surface area (Å²) in [4.78, 5) is 59.0. The maximum Gasteiger partial charge on any atom is 0.317 e. The van der Waals surface area contributed by atoms with Crippen LogP contribution in [0.25, 0.3) is 11.1 Å². The average Bonchev–Trinajstić information content (AvgIpc) is 4.09. The van der Waals surface area contributed by atoms with Crippen molar-refractivity contribution in [1.29, 1.82) is 5.26 Å². The highest BCUT2D eigenvalue weighted by atomic mass is 35.5. The fourth-order valence-corrected chi connectivity index (χ4v) is 13.0. The van der Waals surface area contributed by atoms with E-state index < -0.39 is 17.3 Å². The van der Waals surface area contributed by atoms with Crippen molar-refractivity contribution in [3.8, 4) is 22.9 Å². The number of urea groups is 1. The lowest BCUT2D eigenvalue weighted by atomic mass is 9.49. The van der Waals surface area contributed by atoms with Crippen LogP contribution in [0.1, 0.15) is 97.7 Å². The smallest absolute Gasteiger partial charge is 0.317 e. The summed E-state index contributed by atoms with van der Waals surface area (Å²) in [5.41, 5.74) is 4.64. The highest BCUT2D eigenvalue weighted by Crippen LogP contribution is 2.56. The number of fused-ring (bicyclic) bond motifs is 2. The quantitative estimate of drug-likeness (QED) is 0.0906. The number of carbonyl (C=O) groups excluding carboxylic acids is 3. The zero-order valence-corrected chi connectivity index (χ0v) is 47.1. The van der Waals surface area contributed by atoms with Gasteiger partial charge in [0.25, 0.3) is 12.3 Å². The van der Waals surface area contributed by atoms with Crippen LogP contribution in [0, 0.1) is 22.2 Å². The maximum absolute atomic E-state index is 14.8. The van der Waals surface area contributed by atoms with E-state index in [9.17, 15) is 28.4 Å². The van der Waals surface area contributed by atoms with Crippen LogP contribution in [0.2, 0.25) is 5.02 Å². The number of aryl methyl sites for hydroxylation is 2. The first kappa shape index (κ1) is 56.3. The third-order valence-corrected chi connectivity index (χ3v) is 17.1. The second-order valence-electron chi connectivity index (χ2n) is 22.6. The molecule has 426 valence electrons. The molecule has 0 bridgehead atoms. The molecule has 10 rings (SSSR count). The van der Waals surface area contributed by atoms with Crippen LogP contribution in [-0.2, 0) is 40.7 Å².